The van der Waals surface area contributed by atoms with Gasteiger partial charge in [0, 0.05) is 19.2 Å². The zero-order valence-electron chi connectivity index (χ0n) is 10.1. The van der Waals surface area contributed by atoms with E-state index in [4.69, 9.17) is 5.11 Å². The molecule has 0 aliphatic carbocycles. The summed E-state index contributed by atoms with van der Waals surface area (Å²) in [5.74, 6) is -0.664. The quantitative estimate of drug-likeness (QED) is 0.877. The first-order valence-corrected chi connectivity index (χ1v) is 5.52. The third-order valence-electron chi connectivity index (χ3n) is 3.24. The van der Waals surface area contributed by atoms with Crippen molar-refractivity contribution >= 4 is 17.1 Å². The molecule has 0 bridgehead atoms. The van der Waals surface area contributed by atoms with Gasteiger partial charge in [0.25, 0.3) is 0 Å². The van der Waals surface area contributed by atoms with Gasteiger partial charge in [-0.1, -0.05) is 13.8 Å². The summed E-state index contributed by atoms with van der Waals surface area (Å²) in [6, 6.07) is 3.77. The molecule has 0 aliphatic heterocycles. The maximum Gasteiger partial charge on any atom is 0.306 e. The Kier molecular flexibility index (Phi) is 2.83. The number of aromatic nitrogens is 3. The molecule has 0 fully saturated rings. The normalized spacial score (nSPS) is 14.8. The Hall–Kier alpha value is -1.91. The van der Waals surface area contributed by atoms with E-state index in [0.717, 1.165) is 11.3 Å². The van der Waals surface area contributed by atoms with Gasteiger partial charge >= 0.3 is 5.97 Å². The van der Waals surface area contributed by atoms with Crippen LogP contribution in [0.4, 0.5) is 0 Å². The number of carbonyl (C=O) groups is 1. The van der Waals surface area contributed by atoms with Crippen LogP contribution < -0.4 is 0 Å². The molecular formula is C12H15N3O2. The van der Waals surface area contributed by atoms with Crippen LogP contribution in [0.25, 0.3) is 11.2 Å². The number of carboxylic acid groups (broad SMARTS) is 1. The second-order valence-electron chi connectivity index (χ2n) is 4.29. The summed E-state index contributed by atoms with van der Waals surface area (Å²) in [7, 11) is 1.89. The lowest BCUT2D eigenvalue weighted by Crippen LogP contribution is -2.19. The number of hydrogen-bond donors (Lipinski definition) is 1. The predicted molar refractivity (Wildman–Crippen MR) is 63.7 cm³/mol. The van der Waals surface area contributed by atoms with E-state index in [1.54, 1.807) is 13.1 Å². The molecule has 0 radical (unpaired) electrons. The summed E-state index contributed by atoms with van der Waals surface area (Å²) in [6.07, 6.45) is 1.68. The Morgan fingerprint density at radius 2 is 2.18 bits per heavy atom. The maximum absolute atomic E-state index is 11.0. The average molecular weight is 233 g/mol. The van der Waals surface area contributed by atoms with Crippen molar-refractivity contribution in [3.05, 3.63) is 24.2 Å². The van der Waals surface area contributed by atoms with E-state index in [1.807, 2.05) is 30.7 Å². The van der Waals surface area contributed by atoms with Crippen LogP contribution in [0.15, 0.2) is 18.3 Å². The van der Waals surface area contributed by atoms with Crippen molar-refractivity contribution in [2.24, 2.45) is 13.0 Å². The molecule has 2 heterocycles. The monoisotopic (exact) mass is 233 g/mol. The number of carboxylic acids is 1. The van der Waals surface area contributed by atoms with E-state index in [0.29, 0.717) is 5.65 Å². The summed E-state index contributed by atoms with van der Waals surface area (Å²) in [5, 5.41) is 9.03. The number of rotatable bonds is 3. The van der Waals surface area contributed by atoms with Crippen LogP contribution in [-0.2, 0) is 11.8 Å². The molecule has 0 aromatic carbocycles. The van der Waals surface area contributed by atoms with Gasteiger partial charge in [-0.2, -0.15) is 0 Å². The molecule has 0 saturated carbocycles. The van der Waals surface area contributed by atoms with Crippen LogP contribution in [0.1, 0.15) is 25.6 Å². The minimum absolute atomic E-state index is 0.147. The van der Waals surface area contributed by atoms with Crippen molar-refractivity contribution in [1.29, 1.82) is 0 Å². The number of pyridine rings is 1. The summed E-state index contributed by atoms with van der Waals surface area (Å²) < 4.78 is 1.91. The lowest BCUT2D eigenvalue weighted by molar-refractivity contribution is -0.141. The van der Waals surface area contributed by atoms with Crippen molar-refractivity contribution in [3.63, 3.8) is 0 Å². The van der Waals surface area contributed by atoms with E-state index in [2.05, 4.69) is 9.97 Å². The Bertz CT molecular complexity index is 562. The third kappa shape index (κ3) is 1.88. The van der Waals surface area contributed by atoms with E-state index in [9.17, 15) is 4.79 Å². The van der Waals surface area contributed by atoms with Gasteiger partial charge in [-0.25, -0.2) is 9.97 Å². The minimum atomic E-state index is -0.808. The van der Waals surface area contributed by atoms with Gasteiger partial charge in [-0.3, -0.25) is 4.79 Å². The average Bonchev–Trinajstić information content (AvgIpc) is 2.65. The largest absolute Gasteiger partial charge is 0.481 e. The number of fused-ring (bicyclic) bond motifs is 1. The molecule has 0 amide bonds. The van der Waals surface area contributed by atoms with Crippen LogP contribution >= 0.6 is 0 Å². The first-order valence-electron chi connectivity index (χ1n) is 5.52. The van der Waals surface area contributed by atoms with Crippen molar-refractivity contribution < 1.29 is 9.90 Å². The number of imidazole rings is 1. The predicted octanol–water partition coefficient (Wildman–Crippen LogP) is 1.79. The molecule has 0 aliphatic rings. The van der Waals surface area contributed by atoms with E-state index in [-0.39, 0.29) is 5.92 Å². The Balaban J connectivity index is 2.49. The van der Waals surface area contributed by atoms with Crippen LogP contribution in [0.2, 0.25) is 0 Å². The Morgan fingerprint density at radius 3 is 2.76 bits per heavy atom. The van der Waals surface area contributed by atoms with Crippen molar-refractivity contribution in [1.82, 2.24) is 14.5 Å². The third-order valence-corrected chi connectivity index (χ3v) is 3.24. The van der Waals surface area contributed by atoms with Gasteiger partial charge in [0.1, 0.15) is 5.82 Å². The highest BCUT2D eigenvalue weighted by Gasteiger charge is 2.25. The van der Waals surface area contributed by atoms with Crippen LogP contribution in [0, 0.1) is 5.92 Å². The smallest absolute Gasteiger partial charge is 0.306 e. The number of hydrogen-bond acceptors (Lipinski definition) is 3. The van der Waals surface area contributed by atoms with Crippen LogP contribution in [0.3, 0.4) is 0 Å². The molecule has 0 spiro atoms. The van der Waals surface area contributed by atoms with Crippen LogP contribution in [-0.4, -0.2) is 25.6 Å². The molecule has 2 aromatic heterocycles. The summed E-state index contributed by atoms with van der Waals surface area (Å²) in [5.41, 5.74) is 1.58. The molecule has 5 heteroatoms. The second-order valence-corrected chi connectivity index (χ2v) is 4.29. The van der Waals surface area contributed by atoms with Crippen molar-refractivity contribution in [3.8, 4) is 0 Å². The molecule has 5 nitrogen and oxygen atoms in total. The molecule has 0 saturated heterocycles. The molecule has 90 valence electrons. The molecule has 17 heavy (non-hydrogen) atoms. The Morgan fingerprint density at radius 1 is 1.47 bits per heavy atom. The summed E-state index contributed by atoms with van der Waals surface area (Å²) in [4.78, 5) is 19.6. The van der Waals surface area contributed by atoms with Gasteiger partial charge in [0.2, 0.25) is 0 Å². The highest BCUT2D eigenvalue weighted by atomic mass is 16.4. The maximum atomic E-state index is 11.0. The zero-order chi connectivity index (χ0) is 12.6. The van der Waals surface area contributed by atoms with Crippen molar-refractivity contribution in [2.75, 3.05) is 0 Å². The van der Waals surface area contributed by atoms with Gasteiger partial charge in [0.05, 0.1) is 11.4 Å². The fourth-order valence-corrected chi connectivity index (χ4v) is 1.89. The lowest BCUT2D eigenvalue weighted by atomic mass is 9.95. The zero-order valence-corrected chi connectivity index (χ0v) is 10.1. The Labute approximate surface area is 99.1 Å². The second kappa shape index (κ2) is 4.16. The molecule has 2 atom stereocenters. The van der Waals surface area contributed by atoms with Gasteiger partial charge in [0.15, 0.2) is 5.65 Å². The first kappa shape index (κ1) is 11.6. The summed E-state index contributed by atoms with van der Waals surface area (Å²) in [6.45, 7) is 3.57. The number of nitrogens with zero attached hydrogens (tertiary/aromatic N) is 3. The van der Waals surface area contributed by atoms with Gasteiger partial charge in [-0.05, 0) is 12.1 Å². The lowest BCUT2D eigenvalue weighted by Gasteiger charge is -2.15. The van der Waals surface area contributed by atoms with Gasteiger partial charge < -0.3 is 9.67 Å². The van der Waals surface area contributed by atoms with Crippen LogP contribution in [0.5, 0.6) is 0 Å². The standard InChI is InChI=1S/C12H15N3O2/c1-7(8(2)12(16)17)11-14-10-9(15(11)3)5-4-6-13-10/h4-8H,1-3H3,(H,16,17). The fraction of sp³-hybridized carbons (Fsp3) is 0.417. The topological polar surface area (TPSA) is 68.0 Å². The van der Waals surface area contributed by atoms with Gasteiger partial charge in [-0.15, -0.1) is 0 Å². The van der Waals surface area contributed by atoms with E-state index >= 15 is 0 Å². The number of aryl methyl sites for hydroxylation is 1. The van der Waals surface area contributed by atoms with E-state index < -0.39 is 11.9 Å². The number of aliphatic carboxylic acids is 1. The fourth-order valence-electron chi connectivity index (χ4n) is 1.89. The minimum Gasteiger partial charge on any atom is -0.481 e. The molecule has 1 N–H and O–H groups in total. The molecule has 2 aromatic rings. The van der Waals surface area contributed by atoms with Crippen molar-refractivity contribution in [2.45, 2.75) is 19.8 Å². The highest BCUT2D eigenvalue weighted by molar-refractivity contribution is 5.73. The SMILES string of the molecule is CC(C(=O)O)C(C)c1nc2ncccc2n1C. The van der Waals surface area contributed by atoms with E-state index in [1.165, 1.54) is 0 Å². The molecule has 2 rings (SSSR count). The first-order chi connectivity index (χ1) is 8.02. The summed E-state index contributed by atoms with van der Waals surface area (Å²) >= 11 is 0. The molecule has 2 unspecified atom stereocenters. The molecular weight excluding hydrogens is 218 g/mol. The highest BCUT2D eigenvalue weighted by Crippen LogP contribution is 2.25.